The molecule has 6 heteroatoms. The van der Waals surface area contributed by atoms with Crippen molar-refractivity contribution in [2.45, 2.75) is 19.3 Å². The average molecular weight is 664 g/mol. The Hall–Kier alpha value is -4.89. The molecule has 4 aromatic carbocycles. The third kappa shape index (κ3) is 4.38. The molecule has 1 aliphatic rings. The molecule has 7 aromatic rings. The second-order valence-electron chi connectivity index (χ2n) is 11.3. The summed E-state index contributed by atoms with van der Waals surface area (Å²) in [6.07, 6.45) is 3.74. The van der Waals surface area contributed by atoms with Gasteiger partial charge in [0.25, 0.3) is 0 Å². The molecule has 0 aliphatic carbocycles. The predicted molar refractivity (Wildman–Crippen MR) is 168 cm³/mol. The summed E-state index contributed by atoms with van der Waals surface area (Å²) >= 11 is 0. The van der Waals surface area contributed by atoms with Gasteiger partial charge in [-0.25, -0.2) is 0 Å². The third-order valence-corrected chi connectivity index (χ3v) is 8.27. The number of rotatable bonds is 4. The number of benzene rings is 4. The molecule has 5 nitrogen and oxygen atoms in total. The van der Waals surface area contributed by atoms with Crippen molar-refractivity contribution < 1.29 is 34.5 Å². The second-order valence-corrected chi connectivity index (χ2v) is 11.3. The van der Waals surface area contributed by atoms with Crippen LogP contribution in [0.3, 0.4) is 0 Å². The van der Waals surface area contributed by atoms with Gasteiger partial charge < -0.3 is 19.0 Å². The summed E-state index contributed by atoms with van der Waals surface area (Å²) in [7, 11) is 4.33. The van der Waals surface area contributed by atoms with Crippen molar-refractivity contribution >= 4 is 21.9 Å². The molecule has 1 aliphatic heterocycles. The normalized spacial score (nSPS) is 13.0. The number of para-hydroxylation sites is 1. The van der Waals surface area contributed by atoms with E-state index in [0.29, 0.717) is 11.5 Å². The third-order valence-electron chi connectivity index (χ3n) is 8.27. The molecule has 3 aromatic heterocycles. The predicted octanol–water partition coefficient (Wildman–Crippen LogP) is 8.59. The van der Waals surface area contributed by atoms with E-state index in [1.165, 1.54) is 5.56 Å². The Morgan fingerprint density at radius 2 is 1.59 bits per heavy atom. The zero-order valence-electron chi connectivity index (χ0n) is 24.2. The van der Waals surface area contributed by atoms with Gasteiger partial charge in [-0.2, -0.15) is 6.07 Å². The van der Waals surface area contributed by atoms with Crippen molar-refractivity contribution in [1.29, 1.82) is 0 Å². The Morgan fingerprint density at radius 3 is 2.43 bits per heavy atom. The van der Waals surface area contributed by atoms with Gasteiger partial charge in [0.1, 0.15) is 5.75 Å². The number of hydrogen-bond donors (Lipinski definition) is 0. The Morgan fingerprint density at radius 1 is 0.795 bits per heavy atom. The Bertz CT molecular complexity index is 2190. The van der Waals surface area contributed by atoms with Gasteiger partial charge in [-0.1, -0.05) is 80.6 Å². The maximum absolute atomic E-state index is 6.73. The molecule has 0 N–H and O–H groups in total. The van der Waals surface area contributed by atoms with Crippen LogP contribution in [0.5, 0.6) is 23.0 Å². The fourth-order valence-corrected chi connectivity index (χ4v) is 6.20. The average Bonchev–Trinajstić information content (AvgIpc) is 3.38. The van der Waals surface area contributed by atoms with Crippen molar-refractivity contribution in [2.24, 2.45) is 0 Å². The minimum atomic E-state index is -0.247. The Balaban J connectivity index is 0.00000312. The van der Waals surface area contributed by atoms with E-state index < -0.39 is 0 Å². The van der Waals surface area contributed by atoms with E-state index in [2.05, 4.69) is 72.9 Å². The van der Waals surface area contributed by atoms with Crippen LogP contribution in [0.4, 0.5) is 0 Å². The summed E-state index contributed by atoms with van der Waals surface area (Å²) < 4.78 is 17.1. The molecule has 44 heavy (non-hydrogen) atoms. The first-order valence-corrected chi connectivity index (χ1v) is 14.2. The summed E-state index contributed by atoms with van der Waals surface area (Å²) in [5.74, 6) is 2.87. The van der Waals surface area contributed by atoms with Crippen LogP contribution in [0.2, 0.25) is 0 Å². The van der Waals surface area contributed by atoms with Gasteiger partial charge in [-0.15, -0.1) is 35.9 Å². The topological polar surface area (TPSA) is 40.2 Å². The molecule has 0 spiro atoms. The van der Waals surface area contributed by atoms with Gasteiger partial charge in [0.05, 0.1) is 0 Å². The van der Waals surface area contributed by atoms with Crippen molar-refractivity contribution in [2.75, 3.05) is 0 Å². The van der Waals surface area contributed by atoms with Gasteiger partial charge in [-0.05, 0) is 31.1 Å². The fraction of sp³-hybridized carbons (Fsp3) is 0.0789. The molecule has 4 heterocycles. The smallest absolute Gasteiger partial charge is 0.190 e. The van der Waals surface area contributed by atoms with Gasteiger partial charge in [0.15, 0.2) is 16.9 Å². The van der Waals surface area contributed by atoms with Crippen molar-refractivity contribution in [3.05, 3.63) is 146 Å². The van der Waals surface area contributed by atoms with Crippen molar-refractivity contribution in [3.63, 3.8) is 0 Å². The Kier molecular flexibility index (Phi) is 6.78. The van der Waals surface area contributed by atoms with E-state index in [1.807, 2.05) is 83.6 Å². The van der Waals surface area contributed by atoms with E-state index in [9.17, 15) is 0 Å². The van der Waals surface area contributed by atoms with Crippen molar-refractivity contribution in [1.82, 2.24) is 9.55 Å². The van der Waals surface area contributed by atoms with Crippen LogP contribution in [0.25, 0.3) is 38.9 Å². The molecule has 0 saturated carbocycles. The number of fused-ring (bicyclic) bond motifs is 6. The standard InChI is InChI=1S/C38H27N3O2.Pd/c1-38(2)31-16-4-5-18-34(31)43-36-32(38)20-19-29-30-15-10-22-40(3)37(30)41(35(29)36)26-12-9-14-28(24-26)42-27-13-8-11-25(23-27)33-17-6-7-21-39-33;/h4-22H,3H2,1-2H3;/q-2;. The first kappa shape index (κ1) is 27.9. The second kappa shape index (κ2) is 10.7. The number of hydrogen-bond acceptors (Lipinski definition) is 3. The van der Waals surface area contributed by atoms with E-state index in [-0.39, 0.29) is 25.8 Å². The summed E-state index contributed by atoms with van der Waals surface area (Å²) in [4.78, 5) is 4.45. The fourth-order valence-electron chi connectivity index (χ4n) is 6.20. The van der Waals surface area contributed by atoms with E-state index >= 15 is 0 Å². The van der Waals surface area contributed by atoms with Gasteiger partial charge in [0.2, 0.25) is 0 Å². The zero-order chi connectivity index (χ0) is 29.1. The zero-order valence-corrected chi connectivity index (χ0v) is 25.7. The SMILES string of the molecule is [CH2-][n+]1cccc2c3ccc4c(c3n(-c3[c-]c(Oc5[c-]c(-c6ccccn6)ccc5)ccc3)c21)Oc1ccccc1C4(C)C.[Pd]. The van der Waals surface area contributed by atoms with Crippen LogP contribution in [0, 0.1) is 19.2 Å². The number of pyridine rings is 2. The molecule has 218 valence electrons. The first-order valence-electron chi connectivity index (χ1n) is 14.2. The van der Waals surface area contributed by atoms with E-state index in [4.69, 9.17) is 9.47 Å². The van der Waals surface area contributed by atoms with Crippen LogP contribution in [0.1, 0.15) is 25.0 Å². The molecule has 8 rings (SSSR count). The molecule has 0 atom stereocenters. The number of nitrogens with zero attached hydrogens (tertiary/aromatic N) is 3. The molecule has 0 amide bonds. The summed E-state index contributed by atoms with van der Waals surface area (Å²) in [5, 5.41) is 2.16. The molecule has 0 bridgehead atoms. The molecule has 0 fully saturated rings. The van der Waals surface area contributed by atoms with Crippen LogP contribution in [-0.4, -0.2) is 9.55 Å². The largest absolute Gasteiger partial charge is 0.503 e. The van der Waals surface area contributed by atoms with Crippen LogP contribution in [0.15, 0.2) is 116 Å². The van der Waals surface area contributed by atoms with E-state index in [0.717, 1.165) is 55.9 Å². The summed E-state index contributed by atoms with van der Waals surface area (Å²) in [6, 6.07) is 41.3. The molecular weight excluding hydrogens is 637 g/mol. The van der Waals surface area contributed by atoms with Crippen LogP contribution >= 0.6 is 0 Å². The van der Waals surface area contributed by atoms with E-state index in [1.54, 1.807) is 6.20 Å². The first-order chi connectivity index (χ1) is 21.0. The maximum Gasteiger partial charge on any atom is 0.190 e. The van der Waals surface area contributed by atoms with Crippen LogP contribution < -0.4 is 14.0 Å². The summed E-state index contributed by atoms with van der Waals surface area (Å²) in [5.41, 5.74) is 6.47. The monoisotopic (exact) mass is 663 g/mol. The minimum Gasteiger partial charge on any atom is -0.503 e. The maximum atomic E-state index is 6.73. The molecule has 0 saturated heterocycles. The number of ether oxygens (including phenoxy) is 2. The summed E-state index contributed by atoms with van der Waals surface area (Å²) in [6.45, 7) is 4.51. The van der Waals surface area contributed by atoms with Crippen LogP contribution in [-0.2, 0) is 25.8 Å². The quantitative estimate of drug-likeness (QED) is 0.108. The minimum absolute atomic E-state index is 0. The van der Waals surface area contributed by atoms with Crippen molar-refractivity contribution in [3.8, 4) is 39.9 Å². The Labute approximate surface area is 270 Å². The molecular formula is C38H27N3O2Pd-2. The number of aromatic nitrogens is 3. The van der Waals surface area contributed by atoms with Gasteiger partial charge >= 0.3 is 0 Å². The molecule has 0 radical (unpaired) electrons. The molecule has 0 unspecified atom stereocenters. The van der Waals surface area contributed by atoms with Gasteiger partial charge in [0, 0.05) is 71.1 Å². The van der Waals surface area contributed by atoms with Gasteiger partial charge in [-0.3, -0.25) is 4.57 Å².